The first-order valence-corrected chi connectivity index (χ1v) is 6.14. The summed E-state index contributed by atoms with van der Waals surface area (Å²) < 4.78 is 2.69. The van der Waals surface area contributed by atoms with Crippen LogP contribution >= 0.6 is 15.9 Å². The van der Waals surface area contributed by atoms with Gasteiger partial charge in [-0.2, -0.15) is 5.10 Å². The number of aryl methyl sites for hydroxylation is 2. The zero-order valence-electron chi connectivity index (χ0n) is 10.2. The Bertz CT molecular complexity index is 385. The quantitative estimate of drug-likeness (QED) is 0.895. The summed E-state index contributed by atoms with van der Waals surface area (Å²) in [6.45, 7) is 6.38. The predicted molar refractivity (Wildman–Crippen MR) is 67.5 cm³/mol. The second-order valence-electron chi connectivity index (χ2n) is 4.22. The Kier molecular flexibility index (Phi) is 4.68. The summed E-state index contributed by atoms with van der Waals surface area (Å²) in [6, 6.07) is 0.334. The van der Waals surface area contributed by atoms with Crippen LogP contribution in [0.3, 0.4) is 0 Å². The van der Waals surface area contributed by atoms with E-state index in [1.54, 1.807) is 4.68 Å². The first-order valence-electron chi connectivity index (χ1n) is 5.35. The van der Waals surface area contributed by atoms with E-state index in [1.165, 1.54) is 0 Å². The molecule has 5 heteroatoms. The minimum atomic E-state index is 0.178. The molecule has 0 aliphatic carbocycles. The van der Waals surface area contributed by atoms with Crippen molar-refractivity contribution in [3.05, 3.63) is 15.9 Å². The van der Waals surface area contributed by atoms with E-state index in [1.807, 2.05) is 27.8 Å². The summed E-state index contributed by atoms with van der Waals surface area (Å²) in [5.41, 5.74) is 1.86. The lowest BCUT2D eigenvalue weighted by Gasteiger charge is -2.07. The summed E-state index contributed by atoms with van der Waals surface area (Å²) in [5, 5.41) is 7.37. The van der Waals surface area contributed by atoms with Gasteiger partial charge in [0.05, 0.1) is 28.8 Å². The second kappa shape index (κ2) is 5.59. The summed E-state index contributed by atoms with van der Waals surface area (Å²) >= 11 is 3.45. The molecule has 4 nitrogen and oxygen atoms in total. The van der Waals surface area contributed by atoms with E-state index in [4.69, 9.17) is 0 Å². The topological polar surface area (TPSA) is 46.9 Å². The SMILES string of the molecule is Cc1nn(C)c(CC(=O)CNC(C)C)c1Br. The number of ketones is 1. The van der Waals surface area contributed by atoms with E-state index in [0.29, 0.717) is 19.0 Å². The number of nitrogens with zero attached hydrogens (tertiary/aromatic N) is 2. The van der Waals surface area contributed by atoms with Gasteiger partial charge in [-0.3, -0.25) is 9.48 Å². The van der Waals surface area contributed by atoms with Crippen molar-refractivity contribution in [1.29, 1.82) is 0 Å². The Hall–Kier alpha value is -0.680. The summed E-state index contributed by atoms with van der Waals surface area (Å²) in [6.07, 6.45) is 0.414. The van der Waals surface area contributed by atoms with Gasteiger partial charge in [-0.25, -0.2) is 0 Å². The van der Waals surface area contributed by atoms with Crippen LogP contribution in [0.1, 0.15) is 25.2 Å². The molecule has 0 unspecified atom stereocenters. The van der Waals surface area contributed by atoms with E-state index in [0.717, 1.165) is 15.9 Å². The molecular weight excluding hydrogens is 270 g/mol. The molecule has 0 bridgehead atoms. The van der Waals surface area contributed by atoms with Gasteiger partial charge in [0.15, 0.2) is 5.78 Å². The average molecular weight is 288 g/mol. The lowest BCUT2D eigenvalue weighted by Crippen LogP contribution is -2.30. The molecule has 1 heterocycles. The van der Waals surface area contributed by atoms with Crippen LogP contribution in [0.2, 0.25) is 0 Å². The standard InChI is InChI=1S/C11H18BrN3O/c1-7(2)13-6-9(16)5-10-11(12)8(3)14-15(10)4/h7,13H,5-6H2,1-4H3. The highest BCUT2D eigenvalue weighted by atomic mass is 79.9. The van der Waals surface area contributed by atoms with Gasteiger partial charge >= 0.3 is 0 Å². The van der Waals surface area contributed by atoms with Crippen LogP contribution in [-0.4, -0.2) is 28.2 Å². The van der Waals surface area contributed by atoms with Crippen LogP contribution < -0.4 is 5.32 Å². The van der Waals surface area contributed by atoms with Gasteiger partial charge in [-0.1, -0.05) is 13.8 Å². The third-order valence-electron chi connectivity index (χ3n) is 2.33. The van der Waals surface area contributed by atoms with Crippen LogP contribution in [0, 0.1) is 6.92 Å². The molecule has 0 amide bonds. The number of rotatable bonds is 5. The molecule has 0 atom stereocenters. The number of Topliss-reactive ketones (excluding diaryl/α,β-unsaturated/α-hetero) is 1. The molecule has 0 radical (unpaired) electrons. The molecule has 0 saturated carbocycles. The zero-order chi connectivity index (χ0) is 12.3. The van der Waals surface area contributed by atoms with E-state index in [9.17, 15) is 4.79 Å². The van der Waals surface area contributed by atoms with Gasteiger partial charge in [-0.15, -0.1) is 0 Å². The summed E-state index contributed by atoms with van der Waals surface area (Å²) in [7, 11) is 1.86. The maximum absolute atomic E-state index is 11.7. The molecule has 1 N–H and O–H groups in total. The fraction of sp³-hybridized carbons (Fsp3) is 0.636. The number of hydrogen-bond donors (Lipinski definition) is 1. The van der Waals surface area contributed by atoms with Gasteiger partial charge < -0.3 is 5.32 Å². The normalized spacial score (nSPS) is 11.1. The predicted octanol–water partition coefficient (Wildman–Crippen LogP) is 1.60. The number of carbonyl (C=O) groups excluding carboxylic acids is 1. The zero-order valence-corrected chi connectivity index (χ0v) is 11.8. The number of halogens is 1. The lowest BCUT2D eigenvalue weighted by atomic mass is 10.2. The fourth-order valence-electron chi connectivity index (χ4n) is 1.44. The van der Waals surface area contributed by atoms with E-state index < -0.39 is 0 Å². The Morgan fingerprint density at radius 2 is 2.19 bits per heavy atom. The van der Waals surface area contributed by atoms with Crippen molar-refractivity contribution in [3.63, 3.8) is 0 Å². The van der Waals surface area contributed by atoms with E-state index in [-0.39, 0.29) is 5.78 Å². The largest absolute Gasteiger partial charge is 0.308 e. The molecule has 0 saturated heterocycles. The highest BCUT2D eigenvalue weighted by Crippen LogP contribution is 2.20. The maximum Gasteiger partial charge on any atom is 0.152 e. The molecule has 0 spiro atoms. The molecule has 90 valence electrons. The lowest BCUT2D eigenvalue weighted by molar-refractivity contribution is -0.117. The van der Waals surface area contributed by atoms with Crippen molar-refractivity contribution in [3.8, 4) is 0 Å². The van der Waals surface area contributed by atoms with Crippen molar-refractivity contribution in [2.24, 2.45) is 7.05 Å². The highest BCUT2D eigenvalue weighted by molar-refractivity contribution is 9.10. The molecule has 1 aromatic rings. The third-order valence-corrected chi connectivity index (χ3v) is 3.37. The third kappa shape index (κ3) is 3.42. The molecule has 16 heavy (non-hydrogen) atoms. The Labute approximate surface area is 105 Å². The van der Waals surface area contributed by atoms with Crippen molar-refractivity contribution >= 4 is 21.7 Å². The van der Waals surface area contributed by atoms with Gasteiger partial charge in [0, 0.05) is 13.1 Å². The van der Waals surface area contributed by atoms with Crippen molar-refractivity contribution < 1.29 is 4.79 Å². The van der Waals surface area contributed by atoms with E-state index in [2.05, 4.69) is 26.3 Å². The van der Waals surface area contributed by atoms with Crippen LogP contribution in [-0.2, 0) is 18.3 Å². The van der Waals surface area contributed by atoms with E-state index >= 15 is 0 Å². The van der Waals surface area contributed by atoms with Gasteiger partial charge in [0.1, 0.15) is 0 Å². The summed E-state index contributed by atoms with van der Waals surface area (Å²) in [5.74, 6) is 0.178. The minimum Gasteiger partial charge on any atom is -0.308 e. The Balaban J connectivity index is 2.63. The molecule has 0 aliphatic heterocycles. The number of carbonyl (C=O) groups is 1. The number of hydrogen-bond acceptors (Lipinski definition) is 3. The molecule has 1 aromatic heterocycles. The first kappa shape index (κ1) is 13.4. The monoisotopic (exact) mass is 287 g/mol. The van der Waals surface area contributed by atoms with Crippen LogP contribution in [0.5, 0.6) is 0 Å². The molecular formula is C11H18BrN3O. The fourth-order valence-corrected chi connectivity index (χ4v) is 1.92. The van der Waals surface area contributed by atoms with Crippen LogP contribution in [0.25, 0.3) is 0 Å². The summed E-state index contributed by atoms with van der Waals surface area (Å²) in [4.78, 5) is 11.7. The maximum atomic E-state index is 11.7. The second-order valence-corrected chi connectivity index (χ2v) is 5.01. The average Bonchev–Trinajstić information content (AvgIpc) is 2.42. The van der Waals surface area contributed by atoms with Crippen LogP contribution in [0.15, 0.2) is 4.47 Å². The smallest absolute Gasteiger partial charge is 0.152 e. The van der Waals surface area contributed by atoms with Crippen LogP contribution in [0.4, 0.5) is 0 Å². The Morgan fingerprint density at radius 3 is 2.62 bits per heavy atom. The molecule has 0 fully saturated rings. The van der Waals surface area contributed by atoms with Gasteiger partial charge in [0.25, 0.3) is 0 Å². The van der Waals surface area contributed by atoms with Crippen molar-refractivity contribution in [1.82, 2.24) is 15.1 Å². The van der Waals surface area contributed by atoms with Gasteiger partial charge in [0.2, 0.25) is 0 Å². The first-order chi connectivity index (χ1) is 7.41. The van der Waals surface area contributed by atoms with Crippen molar-refractivity contribution in [2.45, 2.75) is 33.2 Å². The molecule has 0 aromatic carbocycles. The Morgan fingerprint density at radius 1 is 1.56 bits per heavy atom. The number of nitrogens with one attached hydrogen (secondary N) is 1. The highest BCUT2D eigenvalue weighted by Gasteiger charge is 2.14. The van der Waals surface area contributed by atoms with Crippen molar-refractivity contribution in [2.75, 3.05) is 6.54 Å². The molecule has 0 aliphatic rings. The molecule has 1 rings (SSSR count). The number of aromatic nitrogens is 2. The van der Waals surface area contributed by atoms with Gasteiger partial charge in [-0.05, 0) is 22.9 Å². The minimum absolute atomic E-state index is 0.178.